The van der Waals surface area contributed by atoms with Gasteiger partial charge in [-0.2, -0.15) is 0 Å². The lowest BCUT2D eigenvalue weighted by Crippen LogP contribution is -2.39. The molecule has 1 aromatic carbocycles. The number of rotatable bonds is 13. The molecule has 2 rings (SSSR count). The second-order valence-electron chi connectivity index (χ2n) is 6.22. The van der Waals surface area contributed by atoms with E-state index in [2.05, 4.69) is 15.1 Å². The molecule has 0 spiro atoms. The van der Waals surface area contributed by atoms with Crippen molar-refractivity contribution in [3.05, 3.63) is 50.8 Å². The number of nitrogens with zero attached hydrogens (tertiary/aromatic N) is 2. The number of aromatic nitrogens is 1. The summed E-state index contributed by atoms with van der Waals surface area (Å²) in [5, 5.41) is 24.0. The number of carbonyl (C=O) groups excluding carboxylic acids is 1. The van der Waals surface area contributed by atoms with Crippen molar-refractivity contribution in [3.8, 4) is 5.75 Å². The highest BCUT2D eigenvalue weighted by atomic mass is 17.0. The largest absolute Gasteiger partial charge is 0.490 e. The first kappa shape index (κ1) is 23.1. The first-order chi connectivity index (χ1) is 14.4. The number of nitrogens with one attached hydrogen (secondary N) is 2. The molecule has 12 nitrogen and oxygen atoms in total. The predicted molar refractivity (Wildman–Crippen MR) is 105 cm³/mol. The van der Waals surface area contributed by atoms with Crippen molar-refractivity contribution in [2.45, 2.75) is 13.0 Å². The van der Waals surface area contributed by atoms with Gasteiger partial charge in [-0.3, -0.25) is 14.4 Å². The topological polar surface area (TPSA) is 156 Å². The molecule has 1 amide bonds. The summed E-state index contributed by atoms with van der Waals surface area (Å²) >= 11 is 0. The monoisotopic (exact) mass is 424 g/mol. The number of ether oxygens (including phenoxy) is 1. The second kappa shape index (κ2) is 11.7. The Morgan fingerprint density at radius 3 is 2.87 bits per heavy atom. The Balaban J connectivity index is 1.70. The minimum atomic E-state index is -0.940. The van der Waals surface area contributed by atoms with Gasteiger partial charge in [0.25, 0.3) is 5.09 Å². The van der Waals surface area contributed by atoms with Crippen LogP contribution in [-0.2, 0) is 14.5 Å². The fourth-order valence-electron chi connectivity index (χ4n) is 2.55. The van der Waals surface area contributed by atoms with E-state index in [0.717, 1.165) is 10.4 Å². The Morgan fingerprint density at radius 2 is 2.13 bits per heavy atom. The molecule has 0 fully saturated rings. The third-order valence-corrected chi connectivity index (χ3v) is 3.91. The molecule has 0 bridgehead atoms. The zero-order valence-corrected chi connectivity index (χ0v) is 16.4. The van der Waals surface area contributed by atoms with Crippen LogP contribution in [0.15, 0.2) is 35.1 Å². The Labute approximate surface area is 171 Å². The summed E-state index contributed by atoms with van der Waals surface area (Å²) in [6.45, 7) is 1.60. The number of amides is 1. The number of aliphatic hydroxyl groups is 1. The number of hydroxylamine groups is 2. The lowest BCUT2D eigenvalue weighted by atomic mass is 10.2. The highest BCUT2D eigenvalue weighted by molar-refractivity contribution is 5.84. The zero-order valence-electron chi connectivity index (χ0n) is 16.4. The summed E-state index contributed by atoms with van der Waals surface area (Å²) in [5.41, 5.74) is 0.429. The SMILES string of the molecule is CC(=O)N(CCNCC(O)COc1cccc2[nH]c(=O)ccc12)OCCO[N+](=O)[O-]. The quantitative estimate of drug-likeness (QED) is 0.226. The zero-order chi connectivity index (χ0) is 21.9. The molecule has 1 heterocycles. The minimum absolute atomic E-state index is 0.0242. The number of pyridine rings is 1. The molecule has 0 aliphatic carbocycles. The van der Waals surface area contributed by atoms with Crippen LogP contribution >= 0.6 is 0 Å². The molecule has 1 unspecified atom stereocenters. The number of fused-ring (bicyclic) bond motifs is 1. The van der Waals surface area contributed by atoms with E-state index in [1.54, 1.807) is 24.3 Å². The Hall–Kier alpha value is -3.22. The van der Waals surface area contributed by atoms with Crippen molar-refractivity contribution >= 4 is 16.8 Å². The van der Waals surface area contributed by atoms with E-state index in [1.807, 2.05) is 0 Å². The van der Waals surface area contributed by atoms with Crippen LogP contribution in [0.4, 0.5) is 0 Å². The second-order valence-corrected chi connectivity index (χ2v) is 6.22. The van der Waals surface area contributed by atoms with Crippen LogP contribution in [0.1, 0.15) is 6.92 Å². The number of aromatic amines is 1. The summed E-state index contributed by atoms with van der Waals surface area (Å²) in [4.78, 5) is 44.9. The molecule has 30 heavy (non-hydrogen) atoms. The number of hydrogen-bond donors (Lipinski definition) is 3. The van der Waals surface area contributed by atoms with E-state index < -0.39 is 11.2 Å². The van der Waals surface area contributed by atoms with Crippen LogP contribution in [0.2, 0.25) is 0 Å². The van der Waals surface area contributed by atoms with Crippen LogP contribution in [0.5, 0.6) is 5.75 Å². The van der Waals surface area contributed by atoms with Gasteiger partial charge in [-0.25, -0.2) is 5.06 Å². The maximum atomic E-state index is 11.5. The van der Waals surface area contributed by atoms with Gasteiger partial charge in [0.1, 0.15) is 25.1 Å². The average Bonchev–Trinajstić information content (AvgIpc) is 2.70. The third kappa shape index (κ3) is 7.66. The summed E-state index contributed by atoms with van der Waals surface area (Å²) < 4.78 is 5.65. The minimum Gasteiger partial charge on any atom is -0.490 e. The first-order valence-electron chi connectivity index (χ1n) is 9.19. The van der Waals surface area contributed by atoms with Crippen molar-refractivity contribution in [1.82, 2.24) is 15.4 Å². The predicted octanol–water partition coefficient (Wildman–Crippen LogP) is -0.154. The van der Waals surface area contributed by atoms with Gasteiger partial charge in [0, 0.05) is 31.5 Å². The van der Waals surface area contributed by atoms with Crippen molar-refractivity contribution in [2.24, 2.45) is 0 Å². The van der Waals surface area contributed by atoms with E-state index in [-0.39, 0.29) is 44.4 Å². The molecule has 0 saturated carbocycles. The highest BCUT2D eigenvalue weighted by Crippen LogP contribution is 2.22. The lowest BCUT2D eigenvalue weighted by Gasteiger charge is -2.21. The van der Waals surface area contributed by atoms with Crippen molar-refractivity contribution in [2.75, 3.05) is 39.5 Å². The molecule has 1 aromatic heterocycles. The van der Waals surface area contributed by atoms with E-state index in [4.69, 9.17) is 9.57 Å². The number of aliphatic hydroxyl groups excluding tert-OH is 1. The Kier molecular flexibility index (Phi) is 9.00. The van der Waals surface area contributed by atoms with Crippen LogP contribution in [0, 0.1) is 10.1 Å². The molecule has 12 heteroatoms. The van der Waals surface area contributed by atoms with Crippen LogP contribution in [-0.4, -0.2) is 71.7 Å². The summed E-state index contributed by atoms with van der Waals surface area (Å²) in [6, 6.07) is 8.30. The van der Waals surface area contributed by atoms with Crippen molar-refractivity contribution < 1.29 is 29.4 Å². The normalized spacial score (nSPS) is 11.8. The third-order valence-electron chi connectivity index (χ3n) is 3.91. The number of hydrogen-bond acceptors (Lipinski definition) is 9. The van der Waals surface area contributed by atoms with Gasteiger partial charge in [0.05, 0.1) is 18.7 Å². The number of benzene rings is 1. The molecule has 1 atom stereocenters. The van der Waals surface area contributed by atoms with E-state index in [0.29, 0.717) is 17.8 Å². The first-order valence-corrected chi connectivity index (χ1v) is 9.19. The smallest absolute Gasteiger partial charge is 0.294 e. The van der Waals surface area contributed by atoms with Gasteiger partial charge in [0.2, 0.25) is 11.5 Å². The van der Waals surface area contributed by atoms with E-state index >= 15 is 0 Å². The molecule has 2 aromatic rings. The summed E-state index contributed by atoms with van der Waals surface area (Å²) in [5.74, 6) is 0.173. The molecular weight excluding hydrogens is 400 g/mol. The van der Waals surface area contributed by atoms with Crippen LogP contribution < -0.4 is 15.6 Å². The number of carbonyl (C=O) groups is 1. The molecule has 3 N–H and O–H groups in total. The lowest BCUT2D eigenvalue weighted by molar-refractivity contribution is -0.758. The molecule has 0 radical (unpaired) electrons. The van der Waals surface area contributed by atoms with Gasteiger partial charge in [-0.1, -0.05) is 6.07 Å². The summed E-state index contributed by atoms with van der Waals surface area (Å²) in [7, 11) is 0. The highest BCUT2D eigenvalue weighted by Gasteiger charge is 2.11. The standard InChI is InChI=1S/C18H24N4O8/c1-13(23)21(29-9-10-30-22(26)27)8-7-19-11-14(24)12-28-17-4-2-3-16-15(17)5-6-18(25)20-16/h2-6,14,19,24H,7-12H2,1H3,(H,20,25). The maximum absolute atomic E-state index is 11.5. The maximum Gasteiger partial charge on any atom is 0.294 e. The van der Waals surface area contributed by atoms with Crippen molar-refractivity contribution in [3.63, 3.8) is 0 Å². The van der Waals surface area contributed by atoms with Gasteiger partial charge in [0.15, 0.2) is 0 Å². The van der Waals surface area contributed by atoms with Crippen LogP contribution in [0.25, 0.3) is 10.9 Å². The Morgan fingerprint density at radius 1 is 1.33 bits per heavy atom. The van der Waals surface area contributed by atoms with Gasteiger partial charge in [-0.15, -0.1) is 10.1 Å². The summed E-state index contributed by atoms with van der Waals surface area (Å²) in [6.07, 6.45) is -0.816. The number of H-pyrrole nitrogens is 1. The molecular formula is C18H24N4O8. The molecule has 164 valence electrons. The van der Waals surface area contributed by atoms with Crippen LogP contribution in [0.3, 0.4) is 0 Å². The molecule has 0 aliphatic rings. The fourth-order valence-corrected chi connectivity index (χ4v) is 2.55. The fraction of sp³-hybridized carbons (Fsp3) is 0.444. The molecule has 0 aliphatic heterocycles. The Bertz CT molecular complexity index is 903. The average molecular weight is 424 g/mol. The van der Waals surface area contributed by atoms with Gasteiger partial charge in [-0.05, 0) is 18.2 Å². The van der Waals surface area contributed by atoms with Crippen molar-refractivity contribution in [1.29, 1.82) is 0 Å². The van der Waals surface area contributed by atoms with Gasteiger partial charge < -0.3 is 25.0 Å². The van der Waals surface area contributed by atoms with Gasteiger partial charge >= 0.3 is 0 Å². The van der Waals surface area contributed by atoms with E-state index in [1.165, 1.54) is 13.0 Å². The molecule has 0 saturated heterocycles. The van der Waals surface area contributed by atoms with E-state index in [9.17, 15) is 24.8 Å².